The van der Waals surface area contributed by atoms with Crippen LogP contribution in [0.3, 0.4) is 0 Å². The summed E-state index contributed by atoms with van der Waals surface area (Å²) in [6, 6.07) is 12.6. The Hall–Kier alpha value is -4.33. The summed E-state index contributed by atoms with van der Waals surface area (Å²) in [5.74, 6) is -0.278. The van der Waals surface area contributed by atoms with Gasteiger partial charge in [0.2, 0.25) is 0 Å². The quantitative estimate of drug-likeness (QED) is 0.471. The van der Waals surface area contributed by atoms with Crippen LogP contribution in [0.15, 0.2) is 65.7 Å². The molecule has 0 radical (unpaired) electrons. The van der Waals surface area contributed by atoms with E-state index in [0.717, 1.165) is 51.1 Å². The van der Waals surface area contributed by atoms with E-state index in [1.54, 1.807) is 12.1 Å². The van der Waals surface area contributed by atoms with Gasteiger partial charge in [-0.1, -0.05) is 0 Å². The van der Waals surface area contributed by atoms with Gasteiger partial charge in [0, 0.05) is 60.0 Å². The average Bonchev–Trinajstić information content (AvgIpc) is 3.40. The Bertz CT molecular complexity index is 1610. The zero-order valence-corrected chi connectivity index (χ0v) is 19.5. The van der Waals surface area contributed by atoms with Crippen molar-refractivity contribution in [2.75, 3.05) is 23.4 Å². The van der Waals surface area contributed by atoms with E-state index in [2.05, 4.69) is 39.4 Å². The minimum atomic E-state index is -0.278. The van der Waals surface area contributed by atoms with Crippen molar-refractivity contribution in [3.8, 4) is 11.1 Å². The summed E-state index contributed by atoms with van der Waals surface area (Å²) < 4.78 is 15.5. The lowest BCUT2D eigenvalue weighted by Crippen LogP contribution is -2.29. The molecule has 176 valence electrons. The molecule has 3 aliphatic heterocycles. The minimum absolute atomic E-state index is 0.121. The van der Waals surface area contributed by atoms with E-state index < -0.39 is 0 Å². The van der Waals surface area contributed by atoms with Crippen molar-refractivity contribution >= 4 is 28.8 Å². The standard InChI is InChI=1S/C27H25FN6O/c1-3-33-14-10-18(31-33)16-29-21-11-13-32(2)26-20(21)8-9-23-24-22(30-27(35)25(24)26)12-15-34(23)19-6-4-17(28)5-7-19/h4-14,29H,3,15-16H2,1-2H3,(H,30,35). The highest BCUT2D eigenvalue weighted by Crippen LogP contribution is 2.37. The van der Waals surface area contributed by atoms with Gasteiger partial charge in [-0.3, -0.25) is 9.48 Å². The molecule has 35 heavy (non-hydrogen) atoms. The fourth-order valence-electron chi connectivity index (χ4n) is 4.92. The number of anilines is 3. The van der Waals surface area contributed by atoms with Gasteiger partial charge in [-0.25, -0.2) is 4.39 Å². The molecule has 4 heterocycles. The Morgan fingerprint density at radius 3 is 2.71 bits per heavy atom. The first-order valence-corrected chi connectivity index (χ1v) is 11.7. The Balaban J connectivity index is 1.53. The first kappa shape index (κ1) is 21.2. The van der Waals surface area contributed by atoms with Gasteiger partial charge in [0.25, 0.3) is 5.56 Å². The molecule has 7 nitrogen and oxygen atoms in total. The van der Waals surface area contributed by atoms with Crippen LogP contribution < -0.4 is 31.2 Å². The molecule has 1 aromatic heterocycles. The van der Waals surface area contributed by atoms with Crippen molar-refractivity contribution < 1.29 is 4.39 Å². The molecular formula is C27H25FN6O. The van der Waals surface area contributed by atoms with Gasteiger partial charge in [0.15, 0.2) is 0 Å². The summed E-state index contributed by atoms with van der Waals surface area (Å²) in [5, 5.41) is 9.83. The number of H-pyrrole nitrogens is 1. The molecule has 0 fully saturated rings. The van der Waals surface area contributed by atoms with Gasteiger partial charge >= 0.3 is 0 Å². The van der Waals surface area contributed by atoms with Crippen molar-refractivity contribution in [1.82, 2.24) is 20.1 Å². The van der Waals surface area contributed by atoms with Crippen LogP contribution in [-0.4, -0.2) is 28.4 Å². The van der Waals surface area contributed by atoms with Crippen molar-refractivity contribution in [3.05, 3.63) is 93.4 Å². The number of hydrogen-bond acceptors (Lipinski definition) is 5. The molecule has 2 aromatic rings. The third-order valence-corrected chi connectivity index (χ3v) is 6.65. The van der Waals surface area contributed by atoms with Crippen LogP contribution in [0.25, 0.3) is 22.9 Å². The van der Waals surface area contributed by atoms with E-state index in [1.165, 1.54) is 12.1 Å². The van der Waals surface area contributed by atoms with Crippen LogP contribution in [-0.2, 0) is 13.1 Å². The molecule has 6 rings (SSSR count). The monoisotopic (exact) mass is 468 g/mol. The van der Waals surface area contributed by atoms with E-state index in [-0.39, 0.29) is 11.4 Å². The average molecular weight is 469 g/mol. The number of fused-ring (bicyclic) bond motifs is 2. The Kier molecular flexibility index (Phi) is 4.95. The summed E-state index contributed by atoms with van der Waals surface area (Å²) in [6.07, 6.45) is 7.97. The molecular weight excluding hydrogens is 443 g/mol. The van der Waals surface area contributed by atoms with Crippen LogP contribution >= 0.6 is 0 Å². The van der Waals surface area contributed by atoms with Gasteiger partial charge in [-0.05, 0) is 61.5 Å². The molecule has 0 atom stereocenters. The van der Waals surface area contributed by atoms with Crippen LogP contribution in [0.5, 0.6) is 0 Å². The fourth-order valence-corrected chi connectivity index (χ4v) is 4.92. The van der Waals surface area contributed by atoms with Crippen molar-refractivity contribution in [1.29, 1.82) is 0 Å². The number of benzene rings is 1. The number of rotatable bonds is 5. The number of hydrogen-bond donors (Lipinski definition) is 2. The number of nitrogens with one attached hydrogen (secondary N) is 2. The largest absolute Gasteiger partial charge is 0.379 e. The van der Waals surface area contributed by atoms with Gasteiger partial charge in [-0.15, -0.1) is 0 Å². The number of aryl methyl sites for hydroxylation is 1. The lowest BCUT2D eigenvalue weighted by molar-refractivity contribution is 0.628. The Labute approximate surface area is 201 Å². The summed E-state index contributed by atoms with van der Waals surface area (Å²) >= 11 is 0. The molecule has 2 N–H and O–H groups in total. The SMILES string of the molecule is CCn1ccc(CNC2=c3ccc4c5c([nH]c(=O)c-5c3N(C)C=C2)=CCN4c2ccc(F)cc2)n1. The number of halogens is 1. The van der Waals surface area contributed by atoms with Crippen molar-refractivity contribution in [3.63, 3.8) is 0 Å². The molecule has 1 aromatic carbocycles. The lowest BCUT2D eigenvalue weighted by atomic mass is 10.0. The Morgan fingerprint density at radius 2 is 1.94 bits per heavy atom. The van der Waals surface area contributed by atoms with Crippen LogP contribution in [0.2, 0.25) is 0 Å². The molecule has 0 bridgehead atoms. The van der Waals surface area contributed by atoms with Crippen molar-refractivity contribution in [2.24, 2.45) is 0 Å². The van der Waals surface area contributed by atoms with E-state index in [1.807, 2.05) is 47.2 Å². The maximum absolute atomic E-state index is 13.6. The van der Waals surface area contributed by atoms with Gasteiger partial charge in [0.1, 0.15) is 5.82 Å². The van der Waals surface area contributed by atoms with E-state index in [0.29, 0.717) is 18.7 Å². The molecule has 0 amide bonds. The van der Waals surface area contributed by atoms with E-state index in [4.69, 9.17) is 0 Å². The smallest absolute Gasteiger partial charge is 0.258 e. The molecule has 4 aliphatic rings. The third kappa shape index (κ3) is 3.49. The third-order valence-electron chi connectivity index (χ3n) is 6.65. The van der Waals surface area contributed by atoms with Crippen LogP contribution in [0, 0.1) is 5.82 Å². The van der Waals surface area contributed by atoms with Gasteiger partial charge in [-0.2, -0.15) is 5.10 Å². The second-order valence-electron chi connectivity index (χ2n) is 8.75. The minimum Gasteiger partial charge on any atom is -0.379 e. The second kappa shape index (κ2) is 8.16. The topological polar surface area (TPSA) is 69.2 Å². The summed E-state index contributed by atoms with van der Waals surface area (Å²) in [4.78, 5) is 20.4. The van der Waals surface area contributed by atoms with E-state index >= 15 is 0 Å². The van der Waals surface area contributed by atoms with E-state index in [9.17, 15) is 9.18 Å². The predicted octanol–water partition coefficient (Wildman–Crippen LogP) is 2.63. The zero-order chi connectivity index (χ0) is 24.1. The molecule has 0 spiro atoms. The fraction of sp³-hybridized carbons (Fsp3) is 0.185. The van der Waals surface area contributed by atoms with Crippen molar-refractivity contribution in [2.45, 2.75) is 20.0 Å². The highest BCUT2D eigenvalue weighted by atomic mass is 19.1. The molecule has 8 heteroatoms. The van der Waals surface area contributed by atoms with Crippen LogP contribution in [0.1, 0.15) is 12.6 Å². The molecule has 1 aliphatic carbocycles. The van der Waals surface area contributed by atoms with Crippen LogP contribution in [0.4, 0.5) is 21.5 Å². The number of nitrogens with zero attached hydrogens (tertiary/aromatic N) is 4. The summed E-state index contributed by atoms with van der Waals surface area (Å²) in [5.41, 5.74) is 5.88. The highest BCUT2D eigenvalue weighted by molar-refractivity contribution is 5.93. The number of aromatic amines is 1. The molecule has 0 saturated heterocycles. The maximum Gasteiger partial charge on any atom is 0.258 e. The normalized spacial score (nSPS) is 14.3. The summed E-state index contributed by atoms with van der Waals surface area (Å²) in [7, 11) is 1.95. The van der Waals surface area contributed by atoms with Gasteiger partial charge < -0.3 is 20.1 Å². The maximum atomic E-state index is 13.6. The molecule has 0 unspecified atom stereocenters. The second-order valence-corrected chi connectivity index (χ2v) is 8.75. The first-order valence-electron chi connectivity index (χ1n) is 11.7. The zero-order valence-electron chi connectivity index (χ0n) is 19.5. The summed E-state index contributed by atoms with van der Waals surface area (Å²) in [6.45, 7) is 4.03. The first-order chi connectivity index (χ1) is 17.0. The lowest BCUT2D eigenvalue weighted by Gasteiger charge is -2.27. The Morgan fingerprint density at radius 1 is 1.11 bits per heavy atom. The molecule has 0 saturated carbocycles. The predicted molar refractivity (Wildman–Crippen MR) is 136 cm³/mol. The van der Waals surface area contributed by atoms with Gasteiger partial charge in [0.05, 0.1) is 29.2 Å². The number of aromatic nitrogens is 3. The highest BCUT2D eigenvalue weighted by Gasteiger charge is 2.28.